The van der Waals surface area contributed by atoms with Crippen molar-refractivity contribution >= 4 is 11.9 Å². The standard InChI is InChI=1S/C22H30O5/c1-21-9-6-10-22(2,20(24)27-5)18(21)8-7-14-11-15(12-19(23)26-4)17(25-3)13-16(14)21/h11,13,18H,6-10,12H2,1-5H3/t18-,21+,22+/m1/s1. The van der Waals surface area contributed by atoms with Gasteiger partial charge in [0, 0.05) is 5.56 Å². The van der Waals surface area contributed by atoms with Crippen molar-refractivity contribution in [2.45, 2.75) is 57.8 Å². The Morgan fingerprint density at radius 1 is 1.11 bits per heavy atom. The molecule has 5 nitrogen and oxygen atoms in total. The van der Waals surface area contributed by atoms with Gasteiger partial charge in [0.2, 0.25) is 0 Å². The molecule has 0 N–H and O–H groups in total. The van der Waals surface area contributed by atoms with Gasteiger partial charge < -0.3 is 14.2 Å². The number of fused-ring (bicyclic) bond motifs is 3. The Balaban J connectivity index is 2.07. The first-order valence-electron chi connectivity index (χ1n) is 9.65. The van der Waals surface area contributed by atoms with Crippen LogP contribution in [0.15, 0.2) is 12.1 Å². The second-order valence-corrected chi connectivity index (χ2v) is 8.35. The van der Waals surface area contributed by atoms with Crippen molar-refractivity contribution in [3.8, 4) is 5.75 Å². The van der Waals surface area contributed by atoms with E-state index in [9.17, 15) is 9.59 Å². The van der Waals surface area contributed by atoms with E-state index in [4.69, 9.17) is 14.2 Å². The highest BCUT2D eigenvalue weighted by molar-refractivity contribution is 5.77. The fourth-order valence-electron chi connectivity index (χ4n) is 5.58. The van der Waals surface area contributed by atoms with Crippen molar-refractivity contribution in [1.82, 2.24) is 0 Å². The number of esters is 2. The average molecular weight is 374 g/mol. The van der Waals surface area contributed by atoms with Gasteiger partial charge in [0.05, 0.1) is 33.2 Å². The molecule has 0 unspecified atom stereocenters. The van der Waals surface area contributed by atoms with E-state index in [1.807, 2.05) is 0 Å². The van der Waals surface area contributed by atoms with Crippen molar-refractivity contribution < 1.29 is 23.8 Å². The molecule has 0 radical (unpaired) electrons. The summed E-state index contributed by atoms with van der Waals surface area (Å²) in [5.74, 6) is 0.571. The largest absolute Gasteiger partial charge is 0.496 e. The number of carbonyl (C=O) groups excluding carboxylic acids is 2. The topological polar surface area (TPSA) is 61.8 Å². The highest BCUT2D eigenvalue weighted by Gasteiger charge is 2.55. The Morgan fingerprint density at radius 2 is 1.85 bits per heavy atom. The van der Waals surface area contributed by atoms with E-state index in [-0.39, 0.29) is 29.7 Å². The monoisotopic (exact) mass is 374 g/mol. The smallest absolute Gasteiger partial charge is 0.311 e. The minimum atomic E-state index is -0.461. The molecule has 1 saturated carbocycles. The first-order valence-corrected chi connectivity index (χ1v) is 9.65. The first kappa shape index (κ1) is 19.7. The lowest BCUT2D eigenvalue weighted by Gasteiger charge is -2.54. The van der Waals surface area contributed by atoms with Crippen LogP contribution < -0.4 is 4.74 Å². The second kappa shape index (κ2) is 7.17. The van der Waals surface area contributed by atoms with Crippen LogP contribution in [-0.4, -0.2) is 33.3 Å². The van der Waals surface area contributed by atoms with Crippen molar-refractivity contribution in [2.24, 2.45) is 11.3 Å². The van der Waals surface area contributed by atoms with E-state index < -0.39 is 5.41 Å². The van der Waals surface area contributed by atoms with Crippen LogP contribution in [0.1, 0.15) is 56.2 Å². The van der Waals surface area contributed by atoms with E-state index in [1.165, 1.54) is 25.3 Å². The first-order chi connectivity index (χ1) is 12.8. The van der Waals surface area contributed by atoms with Crippen LogP contribution in [0.2, 0.25) is 0 Å². The summed E-state index contributed by atoms with van der Waals surface area (Å²) in [6.07, 6.45) is 4.93. The molecule has 0 spiro atoms. The number of benzene rings is 1. The molecular formula is C22H30O5. The Kier molecular flexibility index (Phi) is 5.24. The quantitative estimate of drug-likeness (QED) is 0.754. The van der Waals surface area contributed by atoms with Crippen LogP contribution in [-0.2, 0) is 37.3 Å². The third-order valence-electron chi connectivity index (χ3n) is 6.97. The van der Waals surface area contributed by atoms with Crippen LogP contribution in [0.25, 0.3) is 0 Å². The van der Waals surface area contributed by atoms with Gasteiger partial charge in [0.25, 0.3) is 0 Å². The molecule has 0 saturated heterocycles. The maximum absolute atomic E-state index is 12.6. The fourth-order valence-corrected chi connectivity index (χ4v) is 5.58. The summed E-state index contributed by atoms with van der Waals surface area (Å²) >= 11 is 0. The Bertz CT molecular complexity index is 755. The molecule has 2 aliphatic carbocycles. The second-order valence-electron chi connectivity index (χ2n) is 8.35. The van der Waals surface area contributed by atoms with Gasteiger partial charge in [0.15, 0.2) is 0 Å². The molecule has 3 rings (SSSR count). The summed E-state index contributed by atoms with van der Waals surface area (Å²) in [6.45, 7) is 4.34. The molecule has 0 amide bonds. The van der Waals surface area contributed by atoms with Gasteiger partial charge in [-0.25, -0.2) is 0 Å². The highest BCUT2D eigenvalue weighted by atomic mass is 16.5. The van der Waals surface area contributed by atoms with E-state index in [1.54, 1.807) is 7.11 Å². The molecule has 148 valence electrons. The molecule has 27 heavy (non-hydrogen) atoms. The van der Waals surface area contributed by atoms with Gasteiger partial charge in [-0.3, -0.25) is 9.59 Å². The zero-order valence-electron chi connectivity index (χ0n) is 17.0. The van der Waals surface area contributed by atoms with E-state index in [2.05, 4.69) is 26.0 Å². The lowest BCUT2D eigenvalue weighted by molar-refractivity contribution is -0.161. The molecule has 1 aromatic carbocycles. The predicted octanol–water partition coefficient (Wildman–Crippen LogP) is 3.59. The van der Waals surface area contributed by atoms with E-state index >= 15 is 0 Å². The Hall–Kier alpha value is -2.04. The number of methoxy groups -OCH3 is 3. The molecule has 0 heterocycles. The number of hydrogen-bond acceptors (Lipinski definition) is 5. The maximum atomic E-state index is 12.6. The van der Waals surface area contributed by atoms with E-state index in [0.717, 1.165) is 37.7 Å². The molecular weight excluding hydrogens is 344 g/mol. The van der Waals surface area contributed by atoms with Crippen LogP contribution in [0.4, 0.5) is 0 Å². The third-order valence-corrected chi connectivity index (χ3v) is 6.97. The Labute approximate surface area is 161 Å². The fraction of sp³-hybridized carbons (Fsp3) is 0.636. The average Bonchev–Trinajstić information content (AvgIpc) is 2.66. The van der Waals surface area contributed by atoms with Crippen molar-refractivity contribution in [2.75, 3.05) is 21.3 Å². The summed E-state index contributed by atoms with van der Waals surface area (Å²) in [7, 11) is 4.51. The van der Waals surface area contributed by atoms with Gasteiger partial charge in [0.1, 0.15) is 5.75 Å². The third kappa shape index (κ3) is 3.11. The summed E-state index contributed by atoms with van der Waals surface area (Å²) in [4.78, 5) is 24.4. The predicted molar refractivity (Wildman–Crippen MR) is 102 cm³/mol. The summed E-state index contributed by atoms with van der Waals surface area (Å²) in [6, 6.07) is 4.18. The molecule has 0 aliphatic heterocycles. The van der Waals surface area contributed by atoms with Crippen LogP contribution in [0, 0.1) is 11.3 Å². The molecule has 1 aromatic rings. The minimum Gasteiger partial charge on any atom is -0.496 e. The van der Waals surface area contributed by atoms with Crippen molar-refractivity contribution in [1.29, 1.82) is 0 Å². The summed E-state index contributed by atoms with van der Waals surface area (Å²) in [5, 5.41) is 0. The van der Waals surface area contributed by atoms with Gasteiger partial charge in [-0.2, -0.15) is 0 Å². The number of hydrogen-bond donors (Lipinski definition) is 0. The van der Waals surface area contributed by atoms with Crippen molar-refractivity contribution in [3.05, 3.63) is 28.8 Å². The van der Waals surface area contributed by atoms with E-state index in [0.29, 0.717) is 5.75 Å². The summed E-state index contributed by atoms with van der Waals surface area (Å²) in [5.41, 5.74) is 2.79. The van der Waals surface area contributed by atoms with Crippen LogP contribution in [0.5, 0.6) is 5.75 Å². The molecule has 1 fully saturated rings. The lowest BCUT2D eigenvalue weighted by Crippen LogP contribution is -2.52. The zero-order chi connectivity index (χ0) is 19.8. The molecule has 0 bridgehead atoms. The van der Waals surface area contributed by atoms with Crippen LogP contribution in [0.3, 0.4) is 0 Å². The number of ether oxygens (including phenoxy) is 3. The van der Waals surface area contributed by atoms with Crippen molar-refractivity contribution in [3.63, 3.8) is 0 Å². The van der Waals surface area contributed by atoms with Gasteiger partial charge in [-0.1, -0.05) is 19.4 Å². The molecule has 2 aliphatic rings. The molecule has 3 atom stereocenters. The molecule has 0 aromatic heterocycles. The zero-order valence-corrected chi connectivity index (χ0v) is 17.0. The number of aryl methyl sites for hydroxylation is 1. The summed E-state index contributed by atoms with van der Waals surface area (Å²) < 4.78 is 15.6. The lowest BCUT2D eigenvalue weighted by atomic mass is 9.49. The normalized spacial score (nSPS) is 29.3. The number of carbonyl (C=O) groups is 2. The van der Waals surface area contributed by atoms with Crippen LogP contribution >= 0.6 is 0 Å². The maximum Gasteiger partial charge on any atom is 0.311 e. The number of rotatable bonds is 4. The highest BCUT2D eigenvalue weighted by Crippen LogP contribution is 2.58. The van der Waals surface area contributed by atoms with Gasteiger partial charge in [-0.15, -0.1) is 0 Å². The minimum absolute atomic E-state index is 0.101. The SMILES string of the molecule is COC(=O)Cc1cc2c(cc1OC)[C@]1(C)CCC[C@](C)(C(=O)OC)[C@@H]1CC2. The Morgan fingerprint density at radius 3 is 2.48 bits per heavy atom. The van der Waals surface area contributed by atoms with Gasteiger partial charge in [-0.05, 0) is 61.1 Å². The molecule has 5 heteroatoms. The van der Waals surface area contributed by atoms with Gasteiger partial charge >= 0.3 is 11.9 Å².